The molecule has 1 aliphatic heterocycles. The van der Waals surface area contributed by atoms with E-state index in [1.165, 1.54) is 6.42 Å². The number of carbonyl (C=O) groups excluding carboxylic acids is 1. The minimum absolute atomic E-state index is 0.0269. The lowest BCUT2D eigenvalue weighted by Gasteiger charge is -2.34. The second-order valence-corrected chi connectivity index (χ2v) is 8.16. The highest BCUT2D eigenvalue weighted by atomic mass is 32.2. The van der Waals surface area contributed by atoms with Crippen molar-refractivity contribution in [2.24, 2.45) is 10.9 Å². The molecule has 1 aliphatic rings. The van der Waals surface area contributed by atoms with E-state index in [1.54, 1.807) is 0 Å². The van der Waals surface area contributed by atoms with Crippen LogP contribution in [0, 0.1) is 5.92 Å². The van der Waals surface area contributed by atoms with Gasteiger partial charge in [0.2, 0.25) is 5.91 Å². The number of aliphatic imine (C=N–C) groups is 1. The smallest absolute Gasteiger partial charge is 0.227 e. The molecule has 0 saturated carbocycles. The molecule has 1 saturated heterocycles. The van der Waals surface area contributed by atoms with Gasteiger partial charge in [-0.3, -0.25) is 9.79 Å². The fraction of sp³-hybridized carbons (Fsp3) is 0.600. The number of amides is 1. The molecule has 6 heteroatoms. The molecule has 5 nitrogen and oxygen atoms in total. The van der Waals surface area contributed by atoms with Crippen LogP contribution in [-0.2, 0) is 11.3 Å². The highest BCUT2D eigenvalue weighted by Crippen LogP contribution is 2.21. The molecule has 1 aromatic carbocycles. The minimum atomic E-state index is 0.0269. The Kier molecular flexibility index (Phi) is 8.29. The Labute approximate surface area is 162 Å². The van der Waals surface area contributed by atoms with Crippen LogP contribution in [-0.4, -0.2) is 47.9 Å². The first-order valence-corrected chi connectivity index (χ1v) is 10.6. The van der Waals surface area contributed by atoms with Gasteiger partial charge in [-0.15, -0.1) is 0 Å². The van der Waals surface area contributed by atoms with E-state index in [-0.39, 0.29) is 11.8 Å². The van der Waals surface area contributed by atoms with Crippen molar-refractivity contribution < 1.29 is 4.79 Å². The number of nitrogens with zero attached hydrogens (tertiary/aromatic N) is 2. The van der Waals surface area contributed by atoms with Crippen LogP contribution in [0.4, 0.5) is 5.69 Å². The number of thioether (sulfide) groups is 1. The van der Waals surface area contributed by atoms with E-state index in [9.17, 15) is 4.79 Å². The van der Waals surface area contributed by atoms with Gasteiger partial charge in [0.05, 0.1) is 0 Å². The summed E-state index contributed by atoms with van der Waals surface area (Å²) in [7, 11) is 1.84. The number of rotatable bonds is 6. The number of nitrogens with one attached hydrogen (secondary N) is 2. The number of benzene rings is 1. The third-order valence-electron chi connectivity index (χ3n) is 4.81. The van der Waals surface area contributed by atoms with Crippen molar-refractivity contribution >= 4 is 29.3 Å². The summed E-state index contributed by atoms with van der Waals surface area (Å²) < 4.78 is 0. The van der Waals surface area contributed by atoms with Gasteiger partial charge < -0.3 is 15.5 Å². The zero-order valence-electron chi connectivity index (χ0n) is 16.4. The van der Waals surface area contributed by atoms with E-state index in [2.05, 4.69) is 45.3 Å². The van der Waals surface area contributed by atoms with Crippen LogP contribution in [0.25, 0.3) is 0 Å². The van der Waals surface area contributed by atoms with Crippen LogP contribution < -0.4 is 10.6 Å². The lowest BCUT2D eigenvalue weighted by Crippen LogP contribution is -2.47. The maximum Gasteiger partial charge on any atom is 0.227 e. The summed E-state index contributed by atoms with van der Waals surface area (Å²) in [5.74, 6) is 2.21. The summed E-state index contributed by atoms with van der Waals surface area (Å²) in [6, 6.07) is 8.02. The lowest BCUT2D eigenvalue weighted by molar-refractivity contribution is -0.119. The molecule has 1 aromatic rings. The summed E-state index contributed by atoms with van der Waals surface area (Å²) in [5.41, 5.74) is 1.98. The average Bonchev–Trinajstić information content (AvgIpc) is 2.68. The first kappa shape index (κ1) is 20.6. The van der Waals surface area contributed by atoms with Crippen molar-refractivity contribution in [2.45, 2.75) is 45.4 Å². The fourth-order valence-corrected chi connectivity index (χ4v) is 4.06. The van der Waals surface area contributed by atoms with Gasteiger partial charge in [-0.2, -0.15) is 11.8 Å². The molecule has 2 rings (SSSR count). The molecule has 2 atom stereocenters. The van der Waals surface area contributed by atoms with Gasteiger partial charge in [0.25, 0.3) is 0 Å². The van der Waals surface area contributed by atoms with Gasteiger partial charge in [-0.1, -0.05) is 32.9 Å². The number of hydrogen-bond acceptors (Lipinski definition) is 3. The van der Waals surface area contributed by atoms with Gasteiger partial charge in [-0.05, 0) is 30.5 Å². The monoisotopic (exact) mass is 376 g/mol. The van der Waals surface area contributed by atoms with Crippen LogP contribution >= 0.6 is 11.8 Å². The van der Waals surface area contributed by atoms with Crippen molar-refractivity contribution in [1.29, 1.82) is 0 Å². The number of anilines is 1. The molecule has 0 spiro atoms. The van der Waals surface area contributed by atoms with Crippen molar-refractivity contribution in [2.75, 3.05) is 31.2 Å². The summed E-state index contributed by atoms with van der Waals surface area (Å²) in [4.78, 5) is 18.9. The topological polar surface area (TPSA) is 56.7 Å². The van der Waals surface area contributed by atoms with E-state index in [0.29, 0.717) is 11.8 Å². The molecule has 0 bridgehead atoms. The molecule has 1 amide bonds. The molecule has 0 radical (unpaired) electrons. The molecular formula is C20H32N4OS. The van der Waals surface area contributed by atoms with Crippen LogP contribution in [0.5, 0.6) is 0 Å². The van der Waals surface area contributed by atoms with Crippen molar-refractivity contribution in [3.8, 4) is 0 Å². The third kappa shape index (κ3) is 5.94. The molecule has 0 aromatic heterocycles. The first-order chi connectivity index (χ1) is 12.6. The van der Waals surface area contributed by atoms with E-state index >= 15 is 0 Å². The molecule has 2 unspecified atom stereocenters. The summed E-state index contributed by atoms with van der Waals surface area (Å²) in [5, 5.41) is 7.15. The highest BCUT2D eigenvalue weighted by molar-refractivity contribution is 8.00. The molecule has 1 heterocycles. The zero-order chi connectivity index (χ0) is 18.9. The van der Waals surface area contributed by atoms with Gasteiger partial charge in [0.1, 0.15) is 0 Å². The van der Waals surface area contributed by atoms with Gasteiger partial charge in [0.15, 0.2) is 5.96 Å². The van der Waals surface area contributed by atoms with E-state index in [1.807, 2.05) is 39.1 Å². The van der Waals surface area contributed by atoms with E-state index in [0.717, 1.165) is 42.5 Å². The Hall–Kier alpha value is -1.69. The molecule has 1 fully saturated rings. The molecular weight excluding hydrogens is 344 g/mol. The number of carbonyl (C=O) groups is 1. The SMILES string of the molecule is CCC1CN(C(=NC)NCc2cccc(NC(=O)C(C)CC)c2)CCS1. The van der Waals surface area contributed by atoms with Crippen molar-refractivity contribution in [3.05, 3.63) is 29.8 Å². The van der Waals surface area contributed by atoms with Crippen molar-refractivity contribution in [3.63, 3.8) is 0 Å². The summed E-state index contributed by atoms with van der Waals surface area (Å²) in [6.07, 6.45) is 2.03. The Balaban J connectivity index is 1.93. The number of guanidine groups is 1. The predicted molar refractivity (Wildman–Crippen MR) is 113 cm³/mol. The Bertz CT molecular complexity index is 620. The van der Waals surface area contributed by atoms with Crippen LogP contribution in [0.15, 0.2) is 29.3 Å². The fourth-order valence-electron chi connectivity index (χ4n) is 2.88. The summed E-state index contributed by atoms with van der Waals surface area (Å²) in [6.45, 7) is 9.00. The maximum absolute atomic E-state index is 12.1. The largest absolute Gasteiger partial charge is 0.352 e. The maximum atomic E-state index is 12.1. The second-order valence-electron chi connectivity index (χ2n) is 6.75. The third-order valence-corrected chi connectivity index (χ3v) is 6.18. The number of hydrogen-bond donors (Lipinski definition) is 2. The molecule has 26 heavy (non-hydrogen) atoms. The Morgan fingerprint density at radius 1 is 1.42 bits per heavy atom. The standard InChI is InChI=1S/C20H32N4OS/c1-5-15(3)19(25)23-17-9-7-8-16(12-17)13-22-20(21-4)24-10-11-26-18(6-2)14-24/h7-9,12,15,18H,5-6,10-11,13-14H2,1-4H3,(H,21,22)(H,23,25). The minimum Gasteiger partial charge on any atom is -0.352 e. The van der Waals surface area contributed by atoms with Crippen LogP contribution in [0.1, 0.15) is 39.2 Å². The summed E-state index contributed by atoms with van der Waals surface area (Å²) >= 11 is 2.06. The van der Waals surface area contributed by atoms with Gasteiger partial charge in [-0.25, -0.2) is 0 Å². The molecule has 144 valence electrons. The molecule has 2 N–H and O–H groups in total. The lowest BCUT2D eigenvalue weighted by atomic mass is 10.1. The Morgan fingerprint density at radius 3 is 2.92 bits per heavy atom. The zero-order valence-corrected chi connectivity index (χ0v) is 17.2. The van der Waals surface area contributed by atoms with Gasteiger partial charge >= 0.3 is 0 Å². The predicted octanol–water partition coefficient (Wildman–Crippen LogP) is 3.57. The highest BCUT2D eigenvalue weighted by Gasteiger charge is 2.21. The Morgan fingerprint density at radius 2 is 2.23 bits per heavy atom. The van der Waals surface area contributed by atoms with Crippen molar-refractivity contribution in [1.82, 2.24) is 10.2 Å². The molecule has 0 aliphatic carbocycles. The van der Waals surface area contributed by atoms with Crippen LogP contribution in [0.3, 0.4) is 0 Å². The average molecular weight is 377 g/mol. The first-order valence-electron chi connectivity index (χ1n) is 9.54. The van der Waals surface area contributed by atoms with E-state index in [4.69, 9.17) is 0 Å². The normalized spacial score (nSPS) is 19.2. The quantitative estimate of drug-likeness (QED) is 0.589. The van der Waals surface area contributed by atoms with Crippen LogP contribution in [0.2, 0.25) is 0 Å². The second kappa shape index (κ2) is 10.5. The van der Waals surface area contributed by atoms with Gasteiger partial charge in [0, 0.05) is 49.3 Å². The van der Waals surface area contributed by atoms with E-state index < -0.39 is 0 Å².